The van der Waals surface area contributed by atoms with Crippen molar-refractivity contribution < 1.29 is 18.7 Å². The highest BCUT2D eigenvalue weighted by molar-refractivity contribution is 6.12. The van der Waals surface area contributed by atoms with Gasteiger partial charge in [0.05, 0.1) is 11.5 Å². The first-order valence-electron chi connectivity index (χ1n) is 9.08. The van der Waals surface area contributed by atoms with Crippen LogP contribution >= 0.6 is 0 Å². The van der Waals surface area contributed by atoms with Gasteiger partial charge in [0.15, 0.2) is 0 Å². The lowest BCUT2D eigenvalue weighted by Crippen LogP contribution is -2.44. The van der Waals surface area contributed by atoms with E-state index < -0.39 is 23.6 Å². The molecule has 0 unspecified atom stereocenters. The number of carbonyl (C=O) groups is 2. The van der Waals surface area contributed by atoms with Gasteiger partial charge in [-0.25, -0.2) is 9.18 Å². The van der Waals surface area contributed by atoms with Crippen molar-refractivity contribution in [1.82, 2.24) is 0 Å². The van der Waals surface area contributed by atoms with Crippen molar-refractivity contribution in [3.8, 4) is 0 Å². The average molecular weight is 369 g/mol. The molecule has 27 heavy (non-hydrogen) atoms. The summed E-state index contributed by atoms with van der Waals surface area (Å²) in [5.74, 6) is -2.07. The Labute approximate surface area is 158 Å². The summed E-state index contributed by atoms with van der Waals surface area (Å²) in [6, 6.07) is 6.07. The number of benzene rings is 1. The Morgan fingerprint density at radius 1 is 1.37 bits per heavy atom. The van der Waals surface area contributed by atoms with Crippen LogP contribution in [0.15, 0.2) is 53.2 Å². The molecule has 5 heteroatoms. The van der Waals surface area contributed by atoms with Crippen LogP contribution in [0.3, 0.4) is 0 Å². The van der Waals surface area contributed by atoms with E-state index in [0.717, 1.165) is 5.71 Å². The summed E-state index contributed by atoms with van der Waals surface area (Å²) in [7, 11) is 0. The summed E-state index contributed by atoms with van der Waals surface area (Å²) in [6.07, 6.45) is 2.55. The fourth-order valence-corrected chi connectivity index (χ4v) is 4.13. The van der Waals surface area contributed by atoms with Gasteiger partial charge >= 0.3 is 5.97 Å². The molecule has 0 radical (unpaired) electrons. The fraction of sp³-hybridized carbons (Fsp3) is 0.409. The second-order valence-electron chi connectivity index (χ2n) is 7.98. The molecule has 1 fully saturated rings. The molecule has 0 N–H and O–H groups in total. The lowest BCUT2D eigenvalue weighted by atomic mass is 9.63. The largest absolute Gasteiger partial charge is 0.458 e. The molecule has 1 saturated carbocycles. The number of halogens is 1. The van der Waals surface area contributed by atoms with Crippen molar-refractivity contribution in [3.63, 3.8) is 0 Å². The molecule has 1 aromatic rings. The van der Waals surface area contributed by atoms with Crippen LogP contribution < -0.4 is 0 Å². The van der Waals surface area contributed by atoms with Crippen LogP contribution in [0.5, 0.6) is 0 Å². The molecule has 1 aliphatic heterocycles. The summed E-state index contributed by atoms with van der Waals surface area (Å²) < 4.78 is 19.2. The van der Waals surface area contributed by atoms with Crippen molar-refractivity contribution in [1.29, 1.82) is 0 Å². The third-order valence-electron chi connectivity index (χ3n) is 5.12. The minimum Gasteiger partial charge on any atom is -0.458 e. The summed E-state index contributed by atoms with van der Waals surface area (Å²) >= 11 is 0. The number of rotatable bonds is 4. The first-order valence-corrected chi connectivity index (χ1v) is 9.08. The maximum Gasteiger partial charge on any atom is 0.336 e. The molecule has 2 atom stereocenters. The van der Waals surface area contributed by atoms with E-state index >= 15 is 0 Å². The number of carbonyl (C=O) groups excluding carboxylic acids is 2. The molecule has 0 amide bonds. The molecule has 1 aromatic carbocycles. The molecule has 2 aliphatic rings. The molecule has 1 heterocycles. The zero-order valence-corrected chi connectivity index (χ0v) is 15.9. The topological polar surface area (TPSA) is 55.7 Å². The lowest BCUT2D eigenvalue weighted by molar-refractivity contribution is -0.138. The van der Waals surface area contributed by atoms with E-state index in [4.69, 9.17) is 4.74 Å². The van der Waals surface area contributed by atoms with E-state index in [0.29, 0.717) is 29.7 Å². The number of aliphatic imine (C=N–C) groups is 1. The molecule has 0 saturated heterocycles. The second-order valence-corrected chi connectivity index (χ2v) is 7.98. The number of hydrogen-bond donors (Lipinski definition) is 0. The Balaban J connectivity index is 2.15. The van der Waals surface area contributed by atoms with Gasteiger partial charge in [0.1, 0.15) is 18.2 Å². The maximum atomic E-state index is 13.9. The molecule has 142 valence electrons. The third-order valence-corrected chi connectivity index (χ3v) is 5.12. The fourth-order valence-electron chi connectivity index (χ4n) is 4.13. The van der Waals surface area contributed by atoms with E-state index in [9.17, 15) is 14.0 Å². The molecule has 0 bridgehead atoms. The monoisotopic (exact) mass is 369 g/mol. The van der Waals surface area contributed by atoms with Crippen LogP contribution in [0.1, 0.15) is 45.1 Å². The summed E-state index contributed by atoms with van der Waals surface area (Å²) in [4.78, 5) is 30.4. The van der Waals surface area contributed by atoms with Crippen molar-refractivity contribution in [2.45, 2.75) is 39.5 Å². The molecule has 4 nitrogen and oxygen atoms in total. The zero-order valence-electron chi connectivity index (χ0n) is 15.9. The minimum absolute atomic E-state index is 0.0285. The first-order chi connectivity index (χ1) is 12.7. The van der Waals surface area contributed by atoms with Gasteiger partial charge in [-0.05, 0) is 36.5 Å². The number of hydrogen-bond acceptors (Lipinski definition) is 4. The van der Waals surface area contributed by atoms with Crippen LogP contribution in [0.2, 0.25) is 0 Å². The van der Waals surface area contributed by atoms with E-state index in [-0.39, 0.29) is 17.8 Å². The van der Waals surface area contributed by atoms with Gasteiger partial charge in [0, 0.05) is 23.7 Å². The standard InChI is InChI=1S/C22H24FNO3/c1-5-9-27-21(26)18-13(2)24-16-11-22(3,4)12-17(25)20(16)19(18)14-7-6-8-15(23)10-14/h5-8,10,19-20H,1,9,11-12H2,2-4H3/t19-,20-/m1/s1. The number of fused-ring (bicyclic) bond motifs is 1. The molecule has 1 aliphatic carbocycles. The van der Waals surface area contributed by atoms with Crippen LogP contribution in [-0.4, -0.2) is 24.1 Å². The number of ketones is 1. The van der Waals surface area contributed by atoms with Gasteiger partial charge in [-0.15, -0.1) is 0 Å². The second kappa shape index (κ2) is 7.22. The van der Waals surface area contributed by atoms with E-state index in [1.165, 1.54) is 18.2 Å². The zero-order chi connectivity index (χ0) is 19.8. The van der Waals surface area contributed by atoms with Gasteiger partial charge < -0.3 is 4.74 Å². The van der Waals surface area contributed by atoms with E-state index in [2.05, 4.69) is 11.6 Å². The Morgan fingerprint density at radius 3 is 2.78 bits per heavy atom. The number of Topliss-reactive ketones (excluding diaryl/α,β-unsaturated/α-hetero) is 1. The van der Waals surface area contributed by atoms with Crippen LogP contribution in [0.4, 0.5) is 4.39 Å². The maximum absolute atomic E-state index is 13.9. The Bertz CT molecular complexity index is 866. The number of ether oxygens (including phenoxy) is 1. The van der Waals surface area contributed by atoms with Gasteiger partial charge in [-0.2, -0.15) is 0 Å². The molecular weight excluding hydrogens is 345 g/mol. The van der Waals surface area contributed by atoms with E-state index in [1.54, 1.807) is 19.1 Å². The summed E-state index contributed by atoms with van der Waals surface area (Å²) in [6.45, 7) is 9.43. The normalized spacial score (nSPS) is 24.1. The number of esters is 1. The van der Waals surface area contributed by atoms with E-state index in [1.807, 2.05) is 13.8 Å². The number of nitrogens with zero attached hydrogens (tertiary/aromatic N) is 1. The van der Waals surface area contributed by atoms with Gasteiger partial charge in [-0.1, -0.05) is 38.6 Å². The Kier molecular flexibility index (Phi) is 5.13. The van der Waals surface area contributed by atoms with Gasteiger partial charge in [0.25, 0.3) is 0 Å². The van der Waals surface area contributed by atoms with Gasteiger partial charge in [-0.3, -0.25) is 9.79 Å². The molecular formula is C22H24FNO3. The summed E-state index contributed by atoms with van der Waals surface area (Å²) in [5.41, 5.74) is 2.02. The van der Waals surface area contributed by atoms with Crippen LogP contribution in [0, 0.1) is 17.2 Å². The Morgan fingerprint density at radius 2 is 2.11 bits per heavy atom. The molecule has 0 aromatic heterocycles. The minimum atomic E-state index is -0.589. The van der Waals surface area contributed by atoms with Crippen LogP contribution in [0.25, 0.3) is 0 Å². The predicted octanol–water partition coefficient (Wildman–Crippen LogP) is 4.37. The summed E-state index contributed by atoms with van der Waals surface area (Å²) in [5, 5.41) is 0. The van der Waals surface area contributed by atoms with Crippen molar-refractivity contribution in [2.24, 2.45) is 16.3 Å². The van der Waals surface area contributed by atoms with Crippen molar-refractivity contribution in [2.75, 3.05) is 6.61 Å². The molecule has 3 rings (SSSR count). The number of allylic oxidation sites excluding steroid dienone is 1. The lowest BCUT2D eigenvalue weighted by Gasteiger charge is -2.41. The van der Waals surface area contributed by atoms with Crippen LogP contribution in [-0.2, 0) is 14.3 Å². The SMILES string of the molecule is C=CCOC(=O)C1=C(C)N=C2CC(C)(C)CC(=O)[C@@H]2[C@@H]1c1cccc(F)c1. The van der Waals surface area contributed by atoms with Crippen molar-refractivity contribution >= 4 is 17.5 Å². The van der Waals surface area contributed by atoms with Gasteiger partial charge in [0.2, 0.25) is 0 Å². The predicted molar refractivity (Wildman–Crippen MR) is 102 cm³/mol. The van der Waals surface area contributed by atoms with Crippen molar-refractivity contribution in [3.05, 3.63) is 59.6 Å². The molecule has 0 spiro atoms. The Hall–Kier alpha value is -2.56. The highest BCUT2D eigenvalue weighted by atomic mass is 19.1. The average Bonchev–Trinajstić information content (AvgIpc) is 2.57. The highest BCUT2D eigenvalue weighted by Crippen LogP contribution is 2.47. The first kappa shape index (κ1) is 19.2. The quantitative estimate of drug-likeness (QED) is 0.585. The third kappa shape index (κ3) is 3.77. The smallest absolute Gasteiger partial charge is 0.336 e. The highest BCUT2D eigenvalue weighted by Gasteiger charge is 2.47.